The minimum atomic E-state index is -4.52. The molecular weight excluding hydrogens is 490 g/mol. The highest BCUT2D eigenvalue weighted by Crippen LogP contribution is 2.37. The van der Waals surface area contributed by atoms with Gasteiger partial charge in [0, 0.05) is 24.6 Å². The van der Waals surface area contributed by atoms with Gasteiger partial charge in [0.2, 0.25) is 0 Å². The number of hydrogen-bond acceptors (Lipinski definition) is 4. The molecule has 1 unspecified atom stereocenters. The zero-order valence-corrected chi connectivity index (χ0v) is 20.0. The molecule has 1 aliphatic heterocycles. The molecule has 1 heterocycles. The molecule has 0 radical (unpaired) electrons. The van der Waals surface area contributed by atoms with Crippen LogP contribution in [0.5, 0.6) is 5.75 Å². The summed E-state index contributed by atoms with van der Waals surface area (Å²) in [5, 5.41) is 5.78. The number of nitrogens with zero attached hydrogens (tertiary/aromatic N) is 3. The lowest BCUT2D eigenvalue weighted by atomic mass is 9.97. The maximum absolute atomic E-state index is 13.4. The van der Waals surface area contributed by atoms with E-state index in [2.05, 4.69) is 5.10 Å². The van der Waals surface area contributed by atoms with E-state index in [9.17, 15) is 27.2 Å². The summed E-state index contributed by atoms with van der Waals surface area (Å²) in [6, 6.07) is 16.2. The molecule has 0 bridgehead atoms. The normalized spacial score (nSPS) is 15.4. The van der Waals surface area contributed by atoms with E-state index in [1.54, 1.807) is 30.3 Å². The van der Waals surface area contributed by atoms with Gasteiger partial charge in [0.15, 0.2) is 0 Å². The van der Waals surface area contributed by atoms with Crippen LogP contribution >= 0.6 is 0 Å². The molecule has 3 aromatic carbocycles. The number of carbonyl (C=O) groups excluding carboxylic acids is 2. The minimum absolute atomic E-state index is 0.0153. The van der Waals surface area contributed by atoms with E-state index in [1.165, 1.54) is 31.3 Å². The number of carbonyl (C=O) groups is 2. The average Bonchev–Trinajstić information content (AvgIpc) is 3.33. The largest absolute Gasteiger partial charge is 0.496 e. The molecule has 0 saturated heterocycles. The molecule has 1 aliphatic rings. The predicted octanol–water partition coefficient (Wildman–Crippen LogP) is 5.30. The van der Waals surface area contributed by atoms with Crippen LogP contribution < -0.4 is 4.74 Å². The van der Waals surface area contributed by atoms with Crippen molar-refractivity contribution in [3.05, 3.63) is 101 Å². The number of halogens is 4. The average molecular weight is 513 g/mol. The highest BCUT2D eigenvalue weighted by molar-refractivity contribution is 6.03. The fourth-order valence-corrected chi connectivity index (χ4v) is 4.11. The SMILES string of the molecule is COc1ccccc1C1CC(c2ccc(F)cc2)=NN1C(=O)CN(C)C(=O)c1ccc(C(F)(F)F)cc1. The molecule has 0 N–H and O–H groups in total. The summed E-state index contributed by atoms with van der Waals surface area (Å²) in [6.07, 6.45) is -4.19. The first kappa shape index (κ1) is 25.9. The molecule has 192 valence electrons. The molecule has 10 heteroatoms. The summed E-state index contributed by atoms with van der Waals surface area (Å²) in [7, 11) is 2.90. The quantitative estimate of drug-likeness (QED) is 0.420. The number of alkyl halides is 3. The number of rotatable bonds is 6. The van der Waals surface area contributed by atoms with Crippen molar-refractivity contribution in [3.8, 4) is 5.75 Å². The second-order valence-corrected chi connectivity index (χ2v) is 8.49. The van der Waals surface area contributed by atoms with Crippen LogP contribution in [0.1, 0.15) is 39.5 Å². The molecule has 6 nitrogen and oxygen atoms in total. The summed E-state index contributed by atoms with van der Waals surface area (Å²) in [6.45, 7) is -0.369. The van der Waals surface area contributed by atoms with Gasteiger partial charge in [-0.2, -0.15) is 18.3 Å². The van der Waals surface area contributed by atoms with Crippen molar-refractivity contribution in [2.24, 2.45) is 5.10 Å². The zero-order chi connectivity index (χ0) is 26.7. The van der Waals surface area contributed by atoms with Crippen molar-refractivity contribution in [1.29, 1.82) is 0 Å². The standard InChI is InChI=1S/C27H23F4N3O3/c1-33(26(36)18-7-11-19(12-8-18)27(29,30)31)16-25(35)34-23(21-5-3-4-6-24(21)37-2)15-22(32-34)17-9-13-20(28)14-10-17/h3-14,23H,15-16H2,1-2H3. The Hall–Kier alpha value is -4.21. The molecular formula is C27H23F4N3O3. The number of benzene rings is 3. The zero-order valence-electron chi connectivity index (χ0n) is 20.0. The number of amides is 2. The highest BCUT2D eigenvalue weighted by Gasteiger charge is 2.36. The molecule has 1 atom stereocenters. The molecule has 37 heavy (non-hydrogen) atoms. The fraction of sp³-hybridized carbons (Fsp3) is 0.222. The lowest BCUT2D eigenvalue weighted by Crippen LogP contribution is -2.39. The Morgan fingerprint density at radius 1 is 1.03 bits per heavy atom. The molecule has 3 aromatic rings. The molecule has 2 amide bonds. The number of likely N-dealkylation sites (N-methyl/N-ethyl adjacent to an activating group) is 1. The lowest BCUT2D eigenvalue weighted by molar-refractivity contribution is -0.137. The van der Waals surface area contributed by atoms with Gasteiger partial charge < -0.3 is 9.64 Å². The van der Waals surface area contributed by atoms with Crippen molar-refractivity contribution in [3.63, 3.8) is 0 Å². The van der Waals surface area contributed by atoms with Crippen LogP contribution in [0.25, 0.3) is 0 Å². The van der Waals surface area contributed by atoms with Gasteiger partial charge in [-0.15, -0.1) is 0 Å². The molecule has 0 aliphatic carbocycles. The van der Waals surface area contributed by atoms with Crippen LogP contribution in [0.3, 0.4) is 0 Å². The van der Waals surface area contributed by atoms with Gasteiger partial charge in [-0.3, -0.25) is 9.59 Å². The predicted molar refractivity (Wildman–Crippen MR) is 129 cm³/mol. The van der Waals surface area contributed by atoms with E-state index in [4.69, 9.17) is 4.74 Å². The van der Waals surface area contributed by atoms with Crippen LogP contribution in [0.4, 0.5) is 17.6 Å². The third-order valence-electron chi connectivity index (χ3n) is 6.02. The van der Waals surface area contributed by atoms with Crippen LogP contribution in [0, 0.1) is 5.82 Å². The first-order valence-corrected chi connectivity index (χ1v) is 11.3. The maximum atomic E-state index is 13.4. The van der Waals surface area contributed by atoms with Gasteiger partial charge >= 0.3 is 6.18 Å². The lowest BCUT2D eigenvalue weighted by Gasteiger charge is -2.26. The number of ether oxygens (including phenoxy) is 1. The van der Waals surface area contributed by atoms with Gasteiger partial charge in [0.25, 0.3) is 11.8 Å². The second-order valence-electron chi connectivity index (χ2n) is 8.49. The monoisotopic (exact) mass is 513 g/mol. The van der Waals surface area contributed by atoms with Crippen molar-refractivity contribution in [2.75, 3.05) is 20.7 Å². The van der Waals surface area contributed by atoms with E-state index in [-0.39, 0.29) is 12.1 Å². The van der Waals surface area contributed by atoms with Gasteiger partial charge in [0.05, 0.1) is 24.4 Å². The van der Waals surface area contributed by atoms with Crippen molar-refractivity contribution < 1.29 is 31.9 Å². The highest BCUT2D eigenvalue weighted by atomic mass is 19.4. The van der Waals surface area contributed by atoms with Gasteiger partial charge in [0.1, 0.15) is 18.1 Å². The number of hydrogen-bond donors (Lipinski definition) is 0. The first-order chi connectivity index (χ1) is 17.6. The number of para-hydroxylation sites is 1. The summed E-state index contributed by atoms with van der Waals surface area (Å²) in [4.78, 5) is 27.3. The van der Waals surface area contributed by atoms with Crippen molar-refractivity contribution in [2.45, 2.75) is 18.6 Å². The minimum Gasteiger partial charge on any atom is -0.496 e. The fourth-order valence-electron chi connectivity index (χ4n) is 4.11. The third kappa shape index (κ3) is 5.63. The van der Waals surface area contributed by atoms with Crippen molar-refractivity contribution in [1.82, 2.24) is 9.91 Å². The van der Waals surface area contributed by atoms with Crippen LogP contribution in [-0.2, 0) is 11.0 Å². The summed E-state index contributed by atoms with van der Waals surface area (Å²) in [5.41, 5.74) is 1.05. The van der Waals surface area contributed by atoms with Gasteiger partial charge in [-0.25, -0.2) is 9.40 Å². The number of hydrazone groups is 1. The van der Waals surface area contributed by atoms with E-state index in [0.717, 1.165) is 29.2 Å². The Morgan fingerprint density at radius 3 is 2.30 bits per heavy atom. The topological polar surface area (TPSA) is 62.2 Å². The molecule has 0 saturated carbocycles. The summed E-state index contributed by atoms with van der Waals surface area (Å²) in [5.74, 6) is -0.969. The summed E-state index contributed by atoms with van der Waals surface area (Å²) >= 11 is 0. The molecule has 0 aromatic heterocycles. The Morgan fingerprint density at radius 2 is 1.68 bits per heavy atom. The smallest absolute Gasteiger partial charge is 0.416 e. The Bertz CT molecular complexity index is 1320. The van der Waals surface area contributed by atoms with E-state index < -0.39 is 35.4 Å². The van der Waals surface area contributed by atoms with Gasteiger partial charge in [-0.1, -0.05) is 30.3 Å². The Kier molecular flexibility index (Phi) is 7.28. The van der Waals surface area contributed by atoms with Crippen LogP contribution in [0.2, 0.25) is 0 Å². The number of methoxy groups -OCH3 is 1. The van der Waals surface area contributed by atoms with Crippen LogP contribution in [-0.4, -0.2) is 48.1 Å². The van der Waals surface area contributed by atoms with Crippen molar-refractivity contribution >= 4 is 17.5 Å². The second kappa shape index (κ2) is 10.4. The first-order valence-electron chi connectivity index (χ1n) is 11.3. The van der Waals surface area contributed by atoms with E-state index >= 15 is 0 Å². The van der Waals surface area contributed by atoms with Gasteiger partial charge in [-0.05, 0) is 48.0 Å². The maximum Gasteiger partial charge on any atom is 0.416 e. The summed E-state index contributed by atoms with van der Waals surface area (Å²) < 4.78 is 57.4. The molecule has 0 spiro atoms. The van der Waals surface area contributed by atoms with E-state index in [0.29, 0.717) is 29.0 Å². The Labute approximate surface area is 210 Å². The molecule has 4 rings (SSSR count). The third-order valence-corrected chi connectivity index (χ3v) is 6.02. The Balaban J connectivity index is 1.58. The van der Waals surface area contributed by atoms with E-state index in [1.807, 2.05) is 6.07 Å². The van der Waals surface area contributed by atoms with Crippen LogP contribution in [0.15, 0.2) is 77.9 Å². The molecule has 0 fully saturated rings.